The predicted octanol–water partition coefficient (Wildman–Crippen LogP) is 0.377. The monoisotopic (exact) mass is 265 g/mol. The first kappa shape index (κ1) is 12.4. The van der Waals surface area contributed by atoms with E-state index in [-0.39, 0.29) is 17.7 Å². The van der Waals surface area contributed by atoms with Gasteiger partial charge in [0.25, 0.3) is 5.91 Å². The molecule has 3 rings (SSSR count). The van der Waals surface area contributed by atoms with Gasteiger partial charge in [-0.25, -0.2) is 4.79 Å². The van der Waals surface area contributed by atoms with E-state index in [0.717, 1.165) is 32.1 Å². The van der Waals surface area contributed by atoms with Crippen molar-refractivity contribution in [2.75, 3.05) is 13.1 Å². The van der Waals surface area contributed by atoms with Gasteiger partial charge < -0.3 is 10.2 Å². The Kier molecular flexibility index (Phi) is 2.95. The second kappa shape index (κ2) is 4.51. The molecule has 104 valence electrons. The first-order valence-corrected chi connectivity index (χ1v) is 7.03. The molecule has 1 atom stereocenters. The Morgan fingerprint density at radius 1 is 1.21 bits per heavy atom. The zero-order valence-corrected chi connectivity index (χ0v) is 10.9. The third kappa shape index (κ3) is 2.09. The lowest BCUT2D eigenvalue weighted by Gasteiger charge is -2.39. The Balaban J connectivity index is 1.72. The molecular weight excluding hydrogens is 246 g/mol. The maximum absolute atomic E-state index is 12.4. The average molecular weight is 265 g/mol. The Labute approximate surface area is 111 Å². The number of piperidine rings is 1. The molecule has 1 spiro atoms. The van der Waals surface area contributed by atoms with Crippen molar-refractivity contribution in [2.24, 2.45) is 5.92 Å². The lowest BCUT2D eigenvalue weighted by Crippen LogP contribution is -2.60. The molecule has 2 heterocycles. The van der Waals surface area contributed by atoms with Crippen LogP contribution in [0.25, 0.3) is 0 Å². The van der Waals surface area contributed by atoms with Gasteiger partial charge in [-0.3, -0.25) is 14.9 Å². The van der Waals surface area contributed by atoms with E-state index in [1.807, 2.05) is 0 Å². The van der Waals surface area contributed by atoms with Crippen LogP contribution in [0.1, 0.15) is 38.5 Å². The molecular formula is C13H19N3O3. The zero-order valence-electron chi connectivity index (χ0n) is 10.9. The Morgan fingerprint density at radius 3 is 2.58 bits per heavy atom. The number of hydrogen-bond donors (Lipinski definition) is 2. The second-order valence-corrected chi connectivity index (χ2v) is 5.84. The molecule has 1 unspecified atom stereocenters. The van der Waals surface area contributed by atoms with Gasteiger partial charge in [0, 0.05) is 12.5 Å². The number of nitrogens with zero attached hydrogens (tertiary/aromatic N) is 1. The molecule has 0 aromatic carbocycles. The maximum Gasteiger partial charge on any atom is 0.322 e. The van der Waals surface area contributed by atoms with Crippen molar-refractivity contribution in [3.63, 3.8) is 0 Å². The van der Waals surface area contributed by atoms with Gasteiger partial charge in [-0.05, 0) is 25.7 Å². The van der Waals surface area contributed by atoms with Crippen molar-refractivity contribution in [3.05, 3.63) is 0 Å². The average Bonchev–Trinajstić information content (AvgIpc) is 2.99. The zero-order chi connectivity index (χ0) is 13.5. The van der Waals surface area contributed by atoms with Crippen molar-refractivity contribution in [3.8, 4) is 0 Å². The molecule has 6 heteroatoms. The summed E-state index contributed by atoms with van der Waals surface area (Å²) < 4.78 is 0. The molecule has 1 aliphatic carbocycles. The van der Waals surface area contributed by atoms with E-state index in [4.69, 9.17) is 0 Å². The minimum atomic E-state index is -0.885. The number of hydrogen-bond acceptors (Lipinski definition) is 3. The maximum atomic E-state index is 12.4. The molecule has 3 fully saturated rings. The van der Waals surface area contributed by atoms with Gasteiger partial charge >= 0.3 is 6.03 Å². The van der Waals surface area contributed by atoms with Crippen molar-refractivity contribution >= 4 is 17.8 Å². The minimum absolute atomic E-state index is 0.121. The van der Waals surface area contributed by atoms with Gasteiger partial charge in [0.2, 0.25) is 5.91 Å². The van der Waals surface area contributed by atoms with E-state index in [2.05, 4.69) is 10.6 Å². The van der Waals surface area contributed by atoms with Crippen LogP contribution in [0, 0.1) is 5.92 Å². The third-order valence-electron chi connectivity index (χ3n) is 4.52. The number of rotatable bonds is 1. The van der Waals surface area contributed by atoms with Crippen LogP contribution < -0.4 is 10.6 Å². The molecule has 2 aliphatic heterocycles. The number of imide groups is 1. The number of urea groups is 1. The number of amides is 4. The molecule has 0 bridgehead atoms. The topological polar surface area (TPSA) is 78.5 Å². The first-order valence-electron chi connectivity index (χ1n) is 7.03. The van der Waals surface area contributed by atoms with E-state index < -0.39 is 11.6 Å². The summed E-state index contributed by atoms with van der Waals surface area (Å²) >= 11 is 0. The van der Waals surface area contributed by atoms with E-state index in [1.54, 1.807) is 4.90 Å². The van der Waals surface area contributed by atoms with E-state index in [0.29, 0.717) is 19.5 Å². The van der Waals surface area contributed by atoms with Crippen LogP contribution >= 0.6 is 0 Å². The Morgan fingerprint density at radius 2 is 1.95 bits per heavy atom. The lowest BCUT2D eigenvalue weighted by molar-refractivity contribution is -0.139. The van der Waals surface area contributed by atoms with Crippen molar-refractivity contribution in [2.45, 2.75) is 44.1 Å². The first-order chi connectivity index (χ1) is 9.11. The smallest absolute Gasteiger partial charge is 0.322 e. The molecule has 19 heavy (non-hydrogen) atoms. The van der Waals surface area contributed by atoms with Crippen LogP contribution in [0.5, 0.6) is 0 Å². The second-order valence-electron chi connectivity index (χ2n) is 5.84. The summed E-state index contributed by atoms with van der Waals surface area (Å²) in [6, 6.07) is -0.444. The van der Waals surface area contributed by atoms with Crippen LogP contribution in [-0.4, -0.2) is 41.4 Å². The summed E-state index contributed by atoms with van der Waals surface area (Å²) in [7, 11) is 0. The highest BCUT2D eigenvalue weighted by Crippen LogP contribution is 2.30. The molecule has 1 saturated carbocycles. The SMILES string of the molecule is O=C1NC(=O)C2(CCCN(C(=O)C3CCCC3)C2)N1. The van der Waals surface area contributed by atoms with E-state index in [9.17, 15) is 14.4 Å². The molecule has 2 N–H and O–H groups in total. The van der Waals surface area contributed by atoms with Crippen LogP contribution in [-0.2, 0) is 9.59 Å². The highest BCUT2D eigenvalue weighted by Gasteiger charge is 2.49. The van der Waals surface area contributed by atoms with E-state index in [1.165, 1.54) is 0 Å². The summed E-state index contributed by atoms with van der Waals surface area (Å²) in [5.74, 6) is -0.0118. The fraction of sp³-hybridized carbons (Fsp3) is 0.769. The summed E-state index contributed by atoms with van der Waals surface area (Å²) in [6.07, 6.45) is 5.52. The summed E-state index contributed by atoms with van der Waals surface area (Å²) in [5, 5.41) is 4.98. The van der Waals surface area contributed by atoms with Crippen LogP contribution in [0.2, 0.25) is 0 Å². The van der Waals surface area contributed by atoms with Crippen LogP contribution in [0.3, 0.4) is 0 Å². The summed E-state index contributed by atoms with van der Waals surface area (Å²) in [5.41, 5.74) is -0.885. The molecule has 0 radical (unpaired) electrons. The van der Waals surface area contributed by atoms with Gasteiger partial charge in [-0.15, -0.1) is 0 Å². The van der Waals surface area contributed by atoms with Gasteiger partial charge in [0.05, 0.1) is 6.54 Å². The van der Waals surface area contributed by atoms with Crippen LogP contribution in [0.15, 0.2) is 0 Å². The largest absolute Gasteiger partial charge is 0.340 e. The summed E-state index contributed by atoms with van der Waals surface area (Å²) in [6.45, 7) is 1.01. The number of carbonyl (C=O) groups is 3. The lowest BCUT2D eigenvalue weighted by atomic mass is 9.88. The third-order valence-corrected chi connectivity index (χ3v) is 4.52. The fourth-order valence-electron chi connectivity index (χ4n) is 3.49. The minimum Gasteiger partial charge on any atom is -0.340 e. The number of likely N-dealkylation sites (tertiary alicyclic amines) is 1. The van der Waals surface area contributed by atoms with Gasteiger partial charge in [0.15, 0.2) is 0 Å². The summed E-state index contributed by atoms with van der Waals surface area (Å²) in [4.78, 5) is 37.4. The molecule has 6 nitrogen and oxygen atoms in total. The molecule has 0 aromatic heterocycles. The molecule has 0 aromatic rings. The van der Waals surface area contributed by atoms with E-state index >= 15 is 0 Å². The van der Waals surface area contributed by atoms with Gasteiger partial charge in [-0.1, -0.05) is 12.8 Å². The van der Waals surface area contributed by atoms with Crippen molar-refractivity contribution in [1.29, 1.82) is 0 Å². The number of nitrogens with one attached hydrogen (secondary N) is 2. The molecule has 4 amide bonds. The normalized spacial score (nSPS) is 31.7. The Hall–Kier alpha value is -1.59. The van der Waals surface area contributed by atoms with Crippen molar-refractivity contribution in [1.82, 2.24) is 15.5 Å². The van der Waals surface area contributed by atoms with Crippen LogP contribution in [0.4, 0.5) is 4.79 Å². The van der Waals surface area contributed by atoms with Gasteiger partial charge in [-0.2, -0.15) is 0 Å². The highest BCUT2D eigenvalue weighted by molar-refractivity contribution is 6.07. The quantitative estimate of drug-likeness (QED) is 0.673. The number of carbonyl (C=O) groups excluding carboxylic acids is 3. The molecule has 2 saturated heterocycles. The standard InChI is InChI=1S/C13H19N3O3/c17-10(9-4-1-2-5-9)16-7-3-6-13(8-16)11(18)14-12(19)15-13/h9H,1-8H2,(H2,14,15,18,19). The predicted molar refractivity (Wildman–Crippen MR) is 67.2 cm³/mol. The Bertz CT molecular complexity index is 431. The van der Waals surface area contributed by atoms with Gasteiger partial charge in [0.1, 0.15) is 5.54 Å². The fourth-order valence-corrected chi connectivity index (χ4v) is 3.49. The highest BCUT2D eigenvalue weighted by atomic mass is 16.2. The molecule has 3 aliphatic rings. The van der Waals surface area contributed by atoms with Crippen molar-refractivity contribution < 1.29 is 14.4 Å².